The Morgan fingerprint density at radius 2 is 1.74 bits per heavy atom. The molecule has 0 aliphatic heterocycles. The van der Waals surface area contributed by atoms with E-state index in [2.05, 4.69) is 11.1 Å². The number of phenolic OH excluding ortho intramolecular Hbond substituents is 1. The predicted octanol–water partition coefficient (Wildman–Crippen LogP) is -0.600. The van der Waals surface area contributed by atoms with Crippen molar-refractivity contribution < 1.29 is 20.4 Å². The maximum Gasteiger partial charge on any atom is 0.141 e. The fourth-order valence-corrected chi connectivity index (χ4v) is 1.66. The summed E-state index contributed by atoms with van der Waals surface area (Å²) in [6.45, 7) is 0.685. The summed E-state index contributed by atoms with van der Waals surface area (Å²) < 4.78 is 0. The highest BCUT2D eigenvalue weighted by Crippen LogP contribution is 2.27. The number of hydrogen-bond donors (Lipinski definition) is 5. The molecule has 0 fully saturated rings. The highest BCUT2D eigenvalue weighted by Gasteiger charge is 2.20. The molecule has 23 heavy (non-hydrogen) atoms. The van der Waals surface area contributed by atoms with Gasteiger partial charge in [-0.25, -0.2) is 0 Å². The van der Waals surface area contributed by atoms with Gasteiger partial charge in [0.05, 0.1) is 37.0 Å². The second-order valence-electron chi connectivity index (χ2n) is 4.93. The van der Waals surface area contributed by atoms with Gasteiger partial charge in [0, 0.05) is 28.9 Å². The standard InChI is InChI=1S/C11H8N2O.C4H11NO3.Al/c1-7-4-5-13-11-9(14)3-2-8(6-12)10(7)11;5-4(1-6,2-7)3-8;/h2-5,14H,1H3;6-8H,1-3,5H2;. The zero-order valence-electron chi connectivity index (χ0n) is 12.8. The Morgan fingerprint density at radius 1 is 1.17 bits per heavy atom. The molecule has 2 rings (SSSR count). The second-order valence-corrected chi connectivity index (χ2v) is 4.93. The van der Waals surface area contributed by atoms with Crippen LogP contribution in [0.15, 0.2) is 24.4 Å². The largest absolute Gasteiger partial charge is 0.506 e. The van der Waals surface area contributed by atoms with Crippen molar-refractivity contribution in [2.45, 2.75) is 12.5 Å². The van der Waals surface area contributed by atoms with Gasteiger partial charge in [0.2, 0.25) is 0 Å². The quantitative estimate of drug-likeness (QED) is 0.472. The summed E-state index contributed by atoms with van der Waals surface area (Å²) in [7, 11) is 0. The van der Waals surface area contributed by atoms with Crippen molar-refractivity contribution in [1.82, 2.24) is 4.98 Å². The van der Waals surface area contributed by atoms with Gasteiger partial charge in [-0.15, -0.1) is 0 Å². The van der Waals surface area contributed by atoms with Crippen LogP contribution in [-0.2, 0) is 0 Å². The van der Waals surface area contributed by atoms with Gasteiger partial charge >= 0.3 is 0 Å². The molecule has 0 atom stereocenters. The van der Waals surface area contributed by atoms with Crippen LogP contribution < -0.4 is 5.73 Å². The Labute approximate surface area is 144 Å². The molecule has 0 bridgehead atoms. The minimum absolute atomic E-state index is 0. The Morgan fingerprint density at radius 3 is 2.17 bits per heavy atom. The third-order valence-electron chi connectivity index (χ3n) is 3.14. The number of benzene rings is 1. The molecule has 0 saturated heterocycles. The molecule has 1 aromatic carbocycles. The first-order chi connectivity index (χ1) is 10.4. The van der Waals surface area contributed by atoms with Crippen LogP contribution in [0.2, 0.25) is 0 Å². The highest BCUT2D eigenvalue weighted by atomic mass is 27.0. The number of aliphatic hydroxyl groups is 3. The first-order valence-electron chi connectivity index (χ1n) is 6.51. The Kier molecular flexibility index (Phi) is 8.74. The van der Waals surface area contributed by atoms with Crippen LogP contribution in [0.5, 0.6) is 5.75 Å². The Balaban J connectivity index is 0.000000469. The molecule has 1 heterocycles. The molecule has 0 spiro atoms. The van der Waals surface area contributed by atoms with Gasteiger partial charge < -0.3 is 26.2 Å². The van der Waals surface area contributed by atoms with Crippen LogP contribution >= 0.6 is 0 Å². The van der Waals surface area contributed by atoms with Crippen LogP contribution in [0.1, 0.15) is 11.1 Å². The zero-order chi connectivity index (χ0) is 16.8. The molecule has 121 valence electrons. The van der Waals surface area contributed by atoms with Gasteiger partial charge in [0.15, 0.2) is 0 Å². The Bertz CT molecular complexity index is 676. The number of rotatable bonds is 3. The summed E-state index contributed by atoms with van der Waals surface area (Å²) in [5, 5.41) is 44.2. The first-order valence-corrected chi connectivity index (χ1v) is 6.51. The summed E-state index contributed by atoms with van der Waals surface area (Å²) in [6, 6.07) is 7.01. The van der Waals surface area contributed by atoms with Gasteiger partial charge in [0.25, 0.3) is 0 Å². The number of nitrogens with two attached hydrogens (primary N) is 1. The van der Waals surface area contributed by atoms with E-state index in [4.69, 9.17) is 26.3 Å². The van der Waals surface area contributed by atoms with Crippen molar-refractivity contribution in [3.05, 3.63) is 35.5 Å². The number of nitriles is 1. The molecule has 0 amide bonds. The van der Waals surface area contributed by atoms with Crippen molar-refractivity contribution in [2.75, 3.05) is 19.8 Å². The smallest absolute Gasteiger partial charge is 0.141 e. The lowest BCUT2D eigenvalue weighted by Gasteiger charge is -2.20. The van der Waals surface area contributed by atoms with Gasteiger partial charge in [-0.05, 0) is 30.7 Å². The van der Waals surface area contributed by atoms with Gasteiger partial charge in [-0.3, -0.25) is 4.98 Å². The molecule has 1 aromatic heterocycles. The zero-order valence-corrected chi connectivity index (χ0v) is 13.9. The molecular formula is C15H19AlN3O4. The molecule has 0 aliphatic carbocycles. The average Bonchev–Trinajstić information content (AvgIpc) is 2.56. The number of hydrogen-bond acceptors (Lipinski definition) is 7. The van der Waals surface area contributed by atoms with E-state index in [1.165, 1.54) is 6.07 Å². The molecule has 0 unspecified atom stereocenters. The average molecular weight is 332 g/mol. The SMILES string of the molecule is Cc1ccnc2c(O)ccc(C#N)c12.NC(CO)(CO)CO.[Al]. The van der Waals surface area contributed by atoms with Crippen molar-refractivity contribution in [1.29, 1.82) is 5.26 Å². The molecular weight excluding hydrogens is 313 g/mol. The topological polar surface area (TPSA) is 144 Å². The van der Waals surface area contributed by atoms with E-state index in [9.17, 15) is 5.11 Å². The highest BCUT2D eigenvalue weighted by molar-refractivity contribution is 5.91. The maximum atomic E-state index is 9.54. The van der Waals surface area contributed by atoms with Crippen LogP contribution in [-0.4, -0.2) is 68.1 Å². The summed E-state index contributed by atoms with van der Waals surface area (Å²) in [5.41, 5.74) is 5.92. The summed E-state index contributed by atoms with van der Waals surface area (Å²) in [6.07, 6.45) is 1.62. The van der Waals surface area contributed by atoms with Gasteiger partial charge in [-0.2, -0.15) is 5.26 Å². The molecule has 2 aromatic rings. The lowest BCUT2D eigenvalue weighted by molar-refractivity contribution is 0.0698. The van der Waals surface area contributed by atoms with E-state index < -0.39 is 25.4 Å². The number of pyridine rings is 1. The second kappa shape index (κ2) is 9.44. The minimum Gasteiger partial charge on any atom is -0.506 e. The molecule has 7 nitrogen and oxygen atoms in total. The van der Waals surface area contributed by atoms with Gasteiger partial charge in [-0.1, -0.05) is 0 Å². The number of aryl methyl sites for hydroxylation is 1. The van der Waals surface area contributed by atoms with Gasteiger partial charge in [0.1, 0.15) is 11.3 Å². The molecule has 8 heteroatoms. The molecule has 0 aliphatic rings. The van der Waals surface area contributed by atoms with E-state index in [0.717, 1.165) is 10.9 Å². The van der Waals surface area contributed by atoms with Crippen molar-refractivity contribution in [3.8, 4) is 11.8 Å². The lowest BCUT2D eigenvalue weighted by Crippen LogP contribution is -2.50. The summed E-state index contributed by atoms with van der Waals surface area (Å²) in [5.74, 6) is 0.114. The van der Waals surface area contributed by atoms with E-state index in [1.54, 1.807) is 12.3 Å². The van der Waals surface area contributed by atoms with Crippen molar-refractivity contribution in [2.24, 2.45) is 5.73 Å². The third kappa shape index (κ3) is 5.16. The summed E-state index contributed by atoms with van der Waals surface area (Å²) in [4.78, 5) is 4.05. The van der Waals surface area contributed by atoms with E-state index in [1.807, 2.05) is 13.0 Å². The van der Waals surface area contributed by atoms with E-state index in [0.29, 0.717) is 11.1 Å². The number of fused-ring (bicyclic) bond motifs is 1. The maximum absolute atomic E-state index is 9.54. The third-order valence-corrected chi connectivity index (χ3v) is 3.14. The lowest BCUT2D eigenvalue weighted by atomic mass is 10.0. The van der Waals surface area contributed by atoms with Crippen molar-refractivity contribution in [3.63, 3.8) is 0 Å². The van der Waals surface area contributed by atoms with Crippen LogP contribution in [0.25, 0.3) is 10.9 Å². The number of phenols is 1. The number of aromatic nitrogens is 1. The van der Waals surface area contributed by atoms with Crippen LogP contribution in [0.4, 0.5) is 0 Å². The summed E-state index contributed by atoms with van der Waals surface area (Å²) >= 11 is 0. The van der Waals surface area contributed by atoms with Crippen LogP contribution in [0.3, 0.4) is 0 Å². The number of aromatic hydroxyl groups is 1. The van der Waals surface area contributed by atoms with Crippen LogP contribution in [0, 0.1) is 18.3 Å². The molecule has 6 N–H and O–H groups in total. The van der Waals surface area contributed by atoms with E-state index in [-0.39, 0.29) is 23.1 Å². The number of aliphatic hydroxyl groups excluding tert-OH is 3. The normalized spacial score (nSPS) is 10.3. The Hall–Kier alpha value is -1.71. The molecule has 0 saturated carbocycles. The fourth-order valence-electron chi connectivity index (χ4n) is 1.66. The fraction of sp³-hybridized carbons (Fsp3) is 0.333. The first kappa shape index (κ1) is 21.3. The predicted molar refractivity (Wildman–Crippen MR) is 86.8 cm³/mol. The van der Waals surface area contributed by atoms with E-state index >= 15 is 0 Å². The molecule has 3 radical (unpaired) electrons. The van der Waals surface area contributed by atoms with Crippen molar-refractivity contribution >= 4 is 28.3 Å². The minimum atomic E-state index is -1.21. The number of nitrogens with zero attached hydrogens (tertiary/aromatic N) is 2. The monoisotopic (exact) mass is 332 g/mol.